The van der Waals surface area contributed by atoms with E-state index in [2.05, 4.69) is 29.4 Å². The fourth-order valence-electron chi connectivity index (χ4n) is 4.12. The minimum atomic E-state index is -0.296. The van der Waals surface area contributed by atoms with Crippen molar-refractivity contribution in [1.82, 2.24) is 4.90 Å². The first-order valence-electron chi connectivity index (χ1n) is 9.26. The Labute approximate surface area is 158 Å². The second kappa shape index (κ2) is 7.31. The van der Waals surface area contributed by atoms with Crippen molar-refractivity contribution < 1.29 is 14.7 Å². The monoisotopic (exact) mass is 365 g/mol. The van der Waals surface area contributed by atoms with Crippen molar-refractivity contribution in [3.05, 3.63) is 59.7 Å². The number of fused-ring (bicyclic) bond motifs is 3. The van der Waals surface area contributed by atoms with Crippen LogP contribution in [0.5, 0.6) is 0 Å². The molecule has 1 heterocycles. The number of ether oxygens (including phenoxy) is 1. The van der Waals surface area contributed by atoms with Gasteiger partial charge in [0.05, 0.1) is 0 Å². The molecule has 140 valence electrons. The lowest BCUT2D eigenvalue weighted by Crippen LogP contribution is -2.42. The van der Waals surface area contributed by atoms with Gasteiger partial charge in [-0.25, -0.2) is 4.79 Å². The van der Waals surface area contributed by atoms with Crippen LogP contribution in [0.25, 0.3) is 11.1 Å². The first kappa shape index (κ1) is 17.4. The smallest absolute Gasteiger partial charge is 0.409 e. The zero-order chi connectivity index (χ0) is 18.8. The van der Waals surface area contributed by atoms with E-state index in [0.717, 1.165) is 0 Å². The number of carbonyl (C=O) groups is 1. The standard InChI is InChI=1S/C21H23N3O3/c22-20(23-26)14-9-11-24(12-10-14)21(25)27-13-19-17-7-3-1-5-15(17)16-6-2-4-8-18(16)19/h1-8,14,19,26H,9-13H2,(H2,22,23). The van der Waals surface area contributed by atoms with Crippen LogP contribution in [-0.4, -0.2) is 41.7 Å². The van der Waals surface area contributed by atoms with Crippen LogP contribution in [0.1, 0.15) is 29.9 Å². The lowest BCUT2D eigenvalue weighted by molar-refractivity contribution is 0.0895. The van der Waals surface area contributed by atoms with Gasteiger partial charge < -0.3 is 20.6 Å². The number of amides is 1. The lowest BCUT2D eigenvalue weighted by Gasteiger charge is -2.31. The van der Waals surface area contributed by atoms with Crippen LogP contribution < -0.4 is 5.73 Å². The molecular formula is C21H23N3O3. The third-order valence-corrected chi connectivity index (χ3v) is 5.62. The van der Waals surface area contributed by atoms with E-state index in [9.17, 15) is 4.79 Å². The molecular weight excluding hydrogens is 342 g/mol. The highest BCUT2D eigenvalue weighted by Gasteiger charge is 2.31. The largest absolute Gasteiger partial charge is 0.448 e. The van der Waals surface area contributed by atoms with Crippen molar-refractivity contribution >= 4 is 11.9 Å². The lowest BCUT2D eigenvalue weighted by atomic mass is 9.96. The van der Waals surface area contributed by atoms with Crippen LogP contribution in [0.4, 0.5) is 4.79 Å². The number of carbonyl (C=O) groups excluding carboxylic acids is 1. The molecule has 1 aliphatic carbocycles. The van der Waals surface area contributed by atoms with Gasteiger partial charge in [-0.1, -0.05) is 53.7 Å². The van der Waals surface area contributed by atoms with Crippen LogP contribution in [0.2, 0.25) is 0 Å². The van der Waals surface area contributed by atoms with E-state index in [1.54, 1.807) is 4.90 Å². The van der Waals surface area contributed by atoms with Gasteiger partial charge in [0.25, 0.3) is 0 Å². The number of oxime groups is 1. The summed E-state index contributed by atoms with van der Waals surface area (Å²) >= 11 is 0. The summed E-state index contributed by atoms with van der Waals surface area (Å²) < 4.78 is 5.68. The first-order valence-corrected chi connectivity index (χ1v) is 9.26. The SMILES string of the molecule is N/C(=N/O)C1CCN(C(=O)OCC2c3ccccc3-c3ccccc32)CC1. The Balaban J connectivity index is 1.42. The van der Waals surface area contributed by atoms with Crippen molar-refractivity contribution in [3.8, 4) is 11.1 Å². The molecule has 3 N–H and O–H groups in total. The zero-order valence-electron chi connectivity index (χ0n) is 15.0. The van der Waals surface area contributed by atoms with E-state index in [1.807, 2.05) is 24.3 Å². The van der Waals surface area contributed by atoms with E-state index >= 15 is 0 Å². The van der Waals surface area contributed by atoms with Gasteiger partial charge in [0.1, 0.15) is 12.4 Å². The molecule has 27 heavy (non-hydrogen) atoms. The molecule has 0 aromatic heterocycles. The number of benzene rings is 2. The Bertz CT molecular complexity index is 827. The van der Waals surface area contributed by atoms with Gasteiger partial charge >= 0.3 is 6.09 Å². The number of likely N-dealkylation sites (tertiary alicyclic amines) is 1. The first-order chi connectivity index (χ1) is 13.2. The van der Waals surface area contributed by atoms with E-state index in [4.69, 9.17) is 15.7 Å². The van der Waals surface area contributed by atoms with Gasteiger partial charge in [-0.05, 0) is 35.1 Å². The molecule has 0 unspecified atom stereocenters. The molecule has 6 heteroatoms. The number of amidine groups is 1. The van der Waals surface area contributed by atoms with Crippen molar-refractivity contribution in [2.45, 2.75) is 18.8 Å². The van der Waals surface area contributed by atoms with E-state index < -0.39 is 0 Å². The summed E-state index contributed by atoms with van der Waals surface area (Å²) in [5.74, 6) is 0.325. The molecule has 0 saturated carbocycles. The fourth-order valence-corrected chi connectivity index (χ4v) is 4.12. The summed E-state index contributed by atoms with van der Waals surface area (Å²) in [6, 6.07) is 16.6. The van der Waals surface area contributed by atoms with Gasteiger partial charge in [0.2, 0.25) is 0 Å². The molecule has 0 atom stereocenters. The molecule has 0 spiro atoms. The second-order valence-corrected chi connectivity index (χ2v) is 7.09. The average Bonchev–Trinajstić information content (AvgIpc) is 3.05. The van der Waals surface area contributed by atoms with E-state index in [1.165, 1.54) is 22.3 Å². The molecule has 2 aliphatic rings. The summed E-state index contributed by atoms with van der Waals surface area (Å²) in [5.41, 5.74) is 10.5. The van der Waals surface area contributed by atoms with Crippen molar-refractivity contribution in [2.75, 3.05) is 19.7 Å². The molecule has 0 bridgehead atoms. The molecule has 2 aromatic rings. The summed E-state index contributed by atoms with van der Waals surface area (Å²) in [7, 11) is 0. The summed E-state index contributed by atoms with van der Waals surface area (Å²) in [6.45, 7) is 1.43. The van der Waals surface area contributed by atoms with Gasteiger partial charge in [0.15, 0.2) is 0 Å². The van der Waals surface area contributed by atoms with Gasteiger partial charge in [-0.2, -0.15) is 0 Å². The topological polar surface area (TPSA) is 88.2 Å². The normalized spacial score (nSPS) is 17.5. The minimum absolute atomic E-state index is 0.0210. The Hall–Kier alpha value is -3.02. The molecule has 4 rings (SSSR count). The quantitative estimate of drug-likeness (QED) is 0.378. The molecule has 1 fully saturated rings. The number of rotatable bonds is 3. The zero-order valence-corrected chi connectivity index (χ0v) is 15.0. The average molecular weight is 365 g/mol. The number of nitrogens with two attached hydrogens (primary N) is 1. The van der Waals surface area contributed by atoms with Crippen LogP contribution in [0, 0.1) is 5.92 Å². The molecule has 1 saturated heterocycles. The van der Waals surface area contributed by atoms with Crippen molar-refractivity contribution in [2.24, 2.45) is 16.8 Å². The fraction of sp³-hybridized carbons (Fsp3) is 0.333. The highest BCUT2D eigenvalue weighted by molar-refractivity contribution is 5.82. The maximum absolute atomic E-state index is 12.5. The third kappa shape index (κ3) is 3.23. The summed E-state index contributed by atoms with van der Waals surface area (Å²) in [4.78, 5) is 14.2. The predicted molar refractivity (Wildman–Crippen MR) is 103 cm³/mol. The number of nitrogens with zero attached hydrogens (tertiary/aromatic N) is 2. The van der Waals surface area contributed by atoms with E-state index in [-0.39, 0.29) is 23.8 Å². The Morgan fingerprint density at radius 3 is 2.19 bits per heavy atom. The number of piperidine rings is 1. The van der Waals surface area contributed by atoms with Crippen LogP contribution in [-0.2, 0) is 4.74 Å². The maximum atomic E-state index is 12.5. The molecule has 1 amide bonds. The van der Waals surface area contributed by atoms with Crippen LogP contribution in [0.3, 0.4) is 0 Å². The van der Waals surface area contributed by atoms with E-state index in [0.29, 0.717) is 32.5 Å². The highest BCUT2D eigenvalue weighted by atomic mass is 16.6. The Morgan fingerprint density at radius 2 is 1.63 bits per heavy atom. The molecule has 0 radical (unpaired) electrons. The predicted octanol–water partition coefficient (Wildman–Crippen LogP) is 3.39. The Kier molecular flexibility index (Phi) is 4.71. The highest BCUT2D eigenvalue weighted by Crippen LogP contribution is 2.44. The van der Waals surface area contributed by atoms with Gasteiger partial charge in [0, 0.05) is 24.9 Å². The Morgan fingerprint density at radius 1 is 1.07 bits per heavy atom. The summed E-state index contributed by atoms with van der Waals surface area (Å²) in [6.07, 6.45) is 1.06. The second-order valence-electron chi connectivity index (χ2n) is 7.09. The van der Waals surface area contributed by atoms with Crippen LogP contribution in [0.15, 0.2) is 53.7 Å². The van der Waals surface area contributed by atoms with Gasteiger partial charge in [-0.15, -0.1) is 0 Å². The third-order valence-electron chi connectivity index (χ3n) is 5.62. The number of hydrogen-bond acceptors (Lipinski definition) is 4. The molecule has 6 nitrogen and oxygen atoms in total. The maximum Gasteiger partial charge on any atom is 0.409 e. The van der Waals surface area contributed by atoms with Crippen molar-refractivity contribution in [1.29, 1.82) is 0 Å². The van der Waals surface area contributed by atoms with Gasteiger partial charge in [-0.3, -0.25) is 0 Å². The molecule has 2 aromatic carbocycles. The van der Waals surface area contributed by atoms with Crippen molar-refractivity contribution in [3.63, 3.8) is 0 Å². The van der Waals surface area contributed by atoms with Crippen LogP contribution >= 0.6 is 0 Å². The summed E-state index contributed by atoms with van der Waals surface area (Å²) in [5, 5.41) is 11.9. The number of hydrogen-bond donors (Lipinski definition) is 2. The molecule has 1 aliphatic heterocycles. The minimum Gasteiger partial charge on any atom is -0.448 e.